The first-order chi connectivity index (χ1) is 12.9. The Balaban J connectivity index is 1.81. The maximum absolute atomic E-state index is 14.0. The number of nitrogens with one attached hydrogen (secondary N) is 1. The Morgan fingerprint density at radius 2 is 1.93 bits per heavy atom. The molecule has 2 rings (SSSR count). The summed E-state index contributed by atoms with van der Waals surface area (Å²) in [6.07, 6.45) is 1.65. The average Bonchev–Trinajstić information content (AvgIpc) is 2.64. The van der Waals surface area contributed by atoms with E-state index in [2.05, 4.69) is 5.32 Å². The first-order valence-corrected chi connectivity index (χ1v) is 8.96. The second kappa shape index (κ2) is 10.0. The van der Waals surface area contributed by atoms with Gasteiger partial charge >= 0.3 is 5.97 Å². The highest BCUT2D eigenvalue weighted by molar-refractivity contribution is 5.67. The van der Waals surface area contributed by atoms with Crippen molar-refractivity contribution >= 4 is 5.97 Å². The number of hydrogen-bond donors (Lipinski definition) is 2. The third-order valence-corrected chi connectivity index (χ3v) is 4.49. The van der Waals surface area contributed by atoms with Crippen LogP contribution in [0.25, 0.3) is 0 Å². The van der Waals surface area contributed by atoms with E-state index in [1.54, 1.807) is 18.2 Å². The minimum absolute atomic E-state index is 0.0367. The zero-order chi connectivity index (χ0) is 19.8. The molecule has 0 bridgehead atoms. The molecular formula is C21H25F2NO3. The van der Waals surface area contributed by atoms with Crippen molar-refractivity contribution in [3.63, 3.8) is 0 Å². The summed E-state index contributed by atoms with van der Waals surface area (Å²) < 4.78 is 32.5. The molecule has 0 unspecified atom stereocenters. The van der Waals surface area contributed by atoms with Gasteiger partial charge in [0.15, 0.2) is 11.6 Å². The Morgan fingerprint density at radius 3 is 2.59 bits per heavy atom. The van der Waals surface area contributed by atoms with Gasteiger partial charge in [0.25, 0.3) is 0 Å². The van der Waals surface area contributed by atoms with Crippen LogP contribution < -0.4 is 10.1 Å². The van der Waals surface area contributed by atoms with Gasteiger partial charge in [0.1, 0.15) is 5.82 Å². The van der Waals surface area contributed by atoms with Crippen LogP contribution in [0.1, 0.15) is 42.5 Å². The van der Waals surface area contributed by atoms with E-state index in [9.17, 15) is 13.6 Å². The van der Waals surface area contributed by atoms with Gasteiger partial charge in [-0.3, -0.25) is 4.79 Å². The van der Waals surface area contributed by atoms with Crippen LogP contribution in [0, 0.1) is 11.6 Å². The third kappa shape index (κ3) is 6.32. The number of methoxy groups -OCH3 is 1. The summed E-state index contributed by atoms with van der Waals surface area (Å²) in [6, 6.07) is 9.81. The van der Waals surface area contributed by atoms with Gasteiger partial charge in [-0.25, -0.2) is 8.78 Å². The van der Waals surface area contributed by atoms with E-state index in [0.717, 1.165) is 24.1 Å². The molecule has 0 aliphatic carbocycles. The van der Waals surface area contributed by atoms with Crippen LogP contribution in [0.15, 0.2) is 36.4 Å². The van der Waals surface area contributed by atoms with E-state index in [1.165, 1.54) is 19.2 Å². The Kier molecular flexibility index (Phi) is 7.73. The summed E-state index contributed by atoms with van der Waals surface area (Å²) >= 11 is 0. The number of hydrogen-bond acceptors (Lipinski definition) is 3. The van der Waals surface area contributed by atoms with Crippen molar-refractivity contribution in [3.05, 3.63) is 64.7 Å². The molecule has 2 N–H and O–H groups in total. The summed E-state index contributed by atoms with van der Waals surface area (Å²) in [5.74, 6) is -1.45. The first-order valence-electron chi connectivity index (χ1n) is 8.96. The molecule has 0 aliphatic heterocycles. The lowest BCUT2D eigenvalue weighted by Crippen LogP contribution is -2.20. The smallest absolute Gasteiger partial charge is 0.303 e. The molecule has 2 aromatic carbocycles. The SMILES string of the molecule is COc1cc([C@@H](C)NCCCc2ccc(CCC(=O)O)c(F)c2)ccc1F. The molecule has 0 aromatic heterocycles. The number of benzene rings is 2. The minimum atomic E-state index is -0.933. The predicted molar refractivity (Wildman–Crippen MR) is 100 cm³/mol. The number of ether oxygens (including phenoxy) is 1. The monoisotopic (exact) mass is 377 g/mol. The molecule has 0 amide bonds. The molecule has 0 fully saturated rings. The van der Waals surface area contributed by atoms with Gasteiger partial charge in [-0.15, -0.1) is 0 Å². The summed E-state index contributed by atoms with van der Waals surface area (Å²) in [5.41, 5.74) is 2.24. The quantitative estimate of drug-likeness (QED) is 0.607. The second-order valence-electron chi connectivity index (χ2n) is 6.49. The molecule has 146 valence electrons. The van der Waals surface area contributed by atoms with Crippen molar-refractivity contribution in [3.8, 4) is 5.75 Å². The van der Waals surface area contributed by atoms with Crippen molar-refractivity contribution in [1.82, 2.24) is 5.32 Å². The van der Waals surface area contributed by atoms with Gasteiger partial charge in [-0.1, -0.05) is 18.2 Å². The molecule has 0 radical (unpaired) electrons. The highest BCUT2D eigenvalue weighted by Crippen LogP contribution is 2.22. The molecule has 0 saturated carbocycles. The number of aryl methyl sites for hydroxylation is 2. The van der Waals surface area contributed by atoms with Gasteiger partial charge in [0.05, 0.1) is 7.11 Å². The Morgan fingerprint density at radius 1 is 1.15 bits per heavy atom. The molecule has 4 nitrogen and oxygen atoms in total. The number of aliphatic carboxylic acids is 1. The molecule has 27 heavy (non-hydrogen) atoms. The summed E-state index contributed by atoms with van der Waals surface area (Å²) in [7, 11) is 1.44. The fourth-order valence-corrected chi connectivity index (χ4v) is 2.87. The van der Waals surface area contributed by atoms with E-state index < -0.39 is 5.97 Å². The number of halogens is 2. The highest BCUT2D eigenvalue weighted by Gasteiger charge is 2.10. The van der Waals surface area contributed by atoms with Crippen LogP contribution in [0.5, 0.6) is 5.75 Å². The van der Waals surface area contributed by atoms with Gasteiger partial charge in [-0.2, -0.15) is 0 Å². The Bertz CT molecular complexity index is 780. The van der Waals surface area contributed by atoms with Gasteiger partial charge in [-0.05, 0) is 67.6 Å². The zero-order valence-corrected chi connectivity index (χ0v) is 15.6. The summed E-state index contributed by atoms with van der Waals surface area (Å²) in [5, 5.41) is 12.0. The fraction of sp³-hybridized carbons (Fsp3) is 0.381. The lowest BCUT2D eigenvalue weighted by atomic mass is 10.0. The normalized spacial score (nSPS) is 12.0. The standard InChI is InChI=1S/C21H25F2NO3/c1-14(17-7-9-18(22)20(13-17)27-2)24-11-3-4-15-5-6-16(19(23)12-15)8-10-21(25)26/h5-7,9,12-14,24H,3-4,8,10-11H2,1-2H3,(H,25,26)/t14-/m1/s1. The summed E-state index contributed by atoms with van der Waals surface area (Å²) in [4.78, 5) is 10.6. The zero-order valence-electron chi connectivity index (χ0n) is 15.6. The van der Waals surface area contributed by atoms with E-state index in [0.29, 0.717) is 12.0 Å². The van der Waals surface area contributed by atoms with Crippen LogP contribution in [-0.4, -0.2) is 24.7 Å². The second-order valence-corrected chi connectivity index (χ2v) is 6.49. The third-order valence-electron chi connectivity index (χ3n) is 4.49. The maximum Gasteiger partial charge on any atom is 0.303 e. The largest absolute Gasteiger partial charge is 0.494 e. The van der Waals surface area contributed by atoms with Crippen LogP contribution >= 0.6 is 0 Å². The number of carbonyl (C=O) groups is 1. The topological polar surface area (TPSA) is 58.6 Å². The van der Waals surface area contributed by atoms with Crippen molar-refractivity contribution < 1.29 is 23.4 Å². The lowest BCUT2D eigenvalue weighted by molar-refractivity contribution is -0.136. The number of rotatable bonds is 10. The van der Waals surface area contributed by atoms with Crippen molar-refractivity contribution in [1.29, 1.82) is 0 Å². The van der Waals surface area contributed by atoms with E-state index >= 15 is 0 Å². The van der Waals surface area contributed by atoms with E-state index in [4.69, 9.17) is 9.84 Å². The molecule has 1 atom stereocenters. The van der Waals surface area contributed by atoms with E-state index in [1.807, 2.05) is 13.0 Å². The van der Waals surface area contributed by atoms with Gasteiger partial charge in [0, 0.05) is 12.5 Å². The Hall–Kier alpha value is -2.47. The summed E-state index contributed by atoms with van der Waals surface area (Å²) in [6.45, 7) is 2.72. The minimum Gasteiger partial charge on any atom is -0.494 e. The van der Waals surface area contributed by atoms with Crippen LogP contribution in [0.3, 0.4) is 0 Å². The highest BCUT2D eigenvalue weighted by atomic mass is 19.1. The van der Waals surface area contributed by atoms with Gasteiger partial charge < -0.3 is 15.2 Å². The molecule has 0 saturated heterocycles. The van der Waals surface area contributed by atoms with Crippen molar-refractivity contribution in [2.24, 2.45) is 0 Å². The van der Waals surface area contributed by atoms with Crippen LogP contribution in [0.2, 0.25) is 0 Å². The molecule has 6 heteroatoms. The van der Waals surface area contributed by atoms with E-state index in [-0.39, 0.29) is 36.3 Å². The van der Waals surface area contributed by atoms with Crippen LogP contribution in [0.4, 0.5) is 8.78 Å². The van der Waals surface area contributed by atoms with Crippen molar-refractivity contribution in [2.75, 3.05) is 13.7 Å². The van der Waals surface area contributed by atoms with Gasteiger partial charge in [0.2, 0.25) is 0 Å². The fourth-order valence-electron chi connectivity index (χ4n) is 2.87. The van der Waals surface area contributed by atoms with Crippen LogP contribution in [-0.2, 0) is 17.6 Å². The molecule has 2 aromatic rings. The first kappa shape index (κ1) is 20.8. The van der Waals surface area contributed by atoms with Crippen molar-refractivity contribution in [2.45, 2.75) is 38.6 Å². The number of carboxylic acids is 1. The number of carboxylic acid groups (broad SMARTS) is 1. The molecule has 0 spiro atoms. The molecular weight excluding hydrogens is 352 g/mol. The molecule has 0 heterocycles. The lowest BCUT2D eigenvalue weighted by Gasteiger charge is -2.15. The Labute approximate surface area is 158 Å². The maximum atomic E-state index is 14.0. The predicted octanol–water partition coefficient (Wildman–Crippen LogP) is 4.27. The molecule has 0 aliphatic rings. The average molecular weight is 377 g/mol.